The number of nitrogens with zero attached hydrogens (tertiary/aromatic N) is 3. The largest absolute Gasteiger partial charge is 0.353 e. The molecule has 0 bridgehead atoms. The molecule has 6 heteroatoms. The van der Waals surface area contributed by atoms with Crippen molar-refractivity contribution in [3.05, 3.63) is 42.3 Å². The van der Waals surface area contributed by atoms with Crippen LogP contribution in [-0.4, -0.2) is 32.2 Å². The van der Waals surface area contributed by atoms with E-state index in [-0.39, 0.29) is 5.91 Å². The number of nitrogens with one attached hydrogen (secondary N) is 2. The summed E-state index contributed by atoms with van der Waals surface area (Å²) in [6.07, 6.45) is 12.0. The van der Waals surface area contributed by atoms with Crippen molar-refractivity contribution in [3.8, 4) is 0 Å². The number of rotatable bonds is 6. The van der Waals surface area contributed by atoms with Gasteiger partial charge in [-0.05, 0) is 12.5 Å². The van der Waals surface area contributed by atoms with Gasteiger partial charge in [0.25, 0.3) is 0 Å². The summed E-state index contributed by atoms with van der Waals surface area (Å²) in [5.74, 6) is 0.850. The molecule has 100 valence electrons. The van der Waals surface area contributed by atoms with Crippen LogP contribution in [0.4, 0.5) is 0 Å². The number of aromatic amines is 1. The van der Waals surface area contributed by atoms with Gasteiger partial charge in [-0.2, -0.15) is 5.10 Å². The van der Waals surface area contributed by atoms with Crippen LogP contribution in [-0.2, 0) is 18.3 Å². The summed E-state index contributed by atoms with van der Waals surface area (Å²) in [7, 11) is 1.84. The van der Waals surface area contributed by atoms with E-state index in [4.69, 9.17) is 0 Å². The minimum Gasteiger partial charge on any atom is -0.353 e. The van der Waals surface area contributed by atoms with E-state index in [0.29, 0.717) is 6.54 Å². The van der Waals surface area contributed by atoms with Gasteiger partial charge >= 0.3 is 0 Å². The lowest BCUT2D eigenvalue weighted by Gasteiger charge is -2.00. The molecule has 2 aromatic heterocycles. The van der Waals surface area contributed by atoms with Crippen LogP contribution in [0, 0.1) is 0 Å². The highest BCUT2D eigenvalue weighted by molar-refractivity contribution is 5.91. The number of imidazole rings is 1. The van der Waals surface area contributed by atoms with Gasteiger partial charge in [-0.3, -0.25) is 9.48 Å². The van der Waals surface area contributed by atoms with Gasteiger partial charge in [0.05, 0.1) is 6.20 Å². The van der Waals surface area contributed by atoms with Gasteiger partial charge in [0.15, 0.2) is 0 Å². The Morgan fingerprint density at radius 1 is 1.58 bits per heavy atom. The van der Waals surface area contributed by atoms with Crippen LogP contribution < -0.4 is 5.32 Å². The van der Waals surface area contributed by atoms with Crippen molar-refractivity contribution in [2.75, 3.05) is 6.54 Å². The highest BCUT2D eigenvalue weighted by Gasteiger charge is 1.98. The highest BCUT2D eigenvalue weighted by atomic mass is 16.1. The molecule has 0 aliphatic heterocycles. The zero-order chi connectivity index (χ0) is 13.5. The van der Waals surface area contributed by atoms with Gasteiger partial charge in [-0.15, -0.1) is 0 Å². The summed E-state index contributed by atoms with van der Waals surface area (Å²) in [5, 5.41) is 6.85. The monoisotopic (exact) mass is 259 g/mol. The molecular formula is C13H17N5O. The first-order valence-electron chi connectivity index (χ1n) is 6.17. The van der Waals surface area contributed by atoms with Gasteiger partial charge < -0.3 is 10.3 Å². The molecule has 0 saturated heterocycles. The van der Waals surface area contributed by atoms with E-state index in [9.17, 15) is 4.79 Å². The van der Waals surface area contributed by atoms with Crippen LogP contribution >= 0.6 is 0 Å². The molecular weight excluding hydrogens is 242 g/mol. The predicted octanol–water partition coefficient (Wildman–Crippen LogP) is 0.905. The number of carbonyl (C=O) groups is 1. The Balaban J connectivity index is 1.66. The van der Waals surface area contributed by atoms with Gasteiger partial charge in [-0.1, -0.05) is 0 Å². The summed E-state index contributed by atoms with van der Waals surface area (Å²) >= 11 is 0. The van der Waals surface area contributed by atoms with Crippen LogP contribution in [0.25, 0.3) is 6.08 Å². The summed E-state index contributed by atoms with van der Waals surface area (Å²) in [5.41, 5.74) is 0.910. The third kappa shape index (κ3) is 4.42. The molecule has 2 heterocycles. The van der Waals surface area contributed by atoms with Crippen LogP contribution in [0.2, 0.25) is 0 Å². The topological polar surface area (TPSA) is 75.6 Å². The van der Waals surface area contributed by atoms with E-state index in [1.807, 2.05) is 13.2 Å². The van der Waals surface area contributed by atoms with E-state index < -0.39 is 0 Å². The molecule has 0 unspecified atom stereocenters. The van der Waals surface area contributed by atoms with Crippen LogP contribution in [0.5, 0.6) is 0 Å². The second-order valence-corrected chi connectivity index (χ2v) is 4.21. The Labute approximate surface area is 111 Å². The lowest BCUT2D eigenvalue weighted by Crippen LogP contribution is -2.22. The number of hydrogen-bond acceptors (Lipinski definition) is 3. The van der Waals surface area contributed by atoms with Crippen molar-refractivity contribution in [2.45, 2.75) is 12.8 Å². The fourth-order valence-corrected chi connectivity index (χ4v) is 1.66. The van der Waals surface area contributed by atoms with Crippen LogP contribution in [0.15, 0.2) is 30.9 Å². The van der Waals surface area contributed by atoms with Gasteiger partial charge in [0.2, 0.25) is 5.91 Å². The SMILES string of the molecule is Cn1cc(/C=C/C(=O)NCCCc2ncc[nH]2)cn1. The maximum Gasteiger partial charge on any atom is 0.244 e. The van der Waals surface area contributed by atoms with Crippen molar-refractivity contribution in [3.63, 3.8) is 0 Å². The van der Waals surface area contributed by atoms with E-state index in [1.165, 1.54) is 6.08 Å². The number of aromatic nitrogens is 4. The molecule has 6 nitrogen and oxygen atoms in total. The molecule has 0 radical (unpaired) electrons. The quantitative estimate of drug-likeness (QED) is 0.598. The Morgan fingerprint density at radius 2 is 2.47 bits per heavy atom. The normalized spacial score (nSPS) is 11.0. The average molecular weight is 259 g/mol. The fourth-order valence-electron chi connectivity index (χ4n) is 1.66. The summed E-state index contributed by atoms with van der Waals surface area (Å²) in [4.78, 5) is 18.7. The smallest absolute Gasteiger partial charge is 0.244 e. The van der Waals surface area contributed by atoms with Crippen molar-refractivity contribution in [1.82, 2.24) is 25.1 Å². The molecule has 2 N–H and O–H groups in total. The molecule has 0 aliphatic rings. The Bertz CT molecular complexity index is 541. The summed E-state index contributed by atoms with van der Waals surface area (Å²) in [6.45, 7) is 0.636. The first kappa shape index (κ1) is 13.1. The van der Waals surface area contributed by atoms with Crippen molar-refractivity contribution in [2.24, 2.45) is 7.05 Å². The third-order valence-electron chi connectivity index (χ3n) is 2.60. The van der Waals surface area contributed by atoms with E-state index >= 15 is 0 Å². The molecule has 1 amide bonds. The first-order valence-corrected chi connectivity index (χ1v) is 6.17. The standard InChI is InChI=1S/C13H17N5O/c1-18-10-11(9-17-18)4-5-13(19)16-6-2-3-12-14-7-8-15-12/h4-5,7-10H,2-3,6H2,1H3,(H,14,15)(H,16,19)/b5-4+. The maximum atomic E-state index is 11.5. The van der Waals surface area contributed by atoms with Gasteiger partial charge in [0, 0.05) is 50.2 Å². The summed E-state index contributed by atoms with van der Waals surface area (Å²) in [6, 6.07) is 0. The zero-order valence-electron chi connectivity index (χ0n) is 10.8. The second-order valence-electron chi connectivity index (χ2n) is 4.21. The van der Waals surface area contributed by atoms with E-state index in [0.717, 1.165) is 24.2 Å². The lowest BCUT2D eigenvalue weighted by atomic mass is 10.3. The third-order valence-corrected chi connectivity index (χ3v) is 2.60. The Hall–Kier alpha value is -2.37. The van der Waals surface area contributed by atoms with E-state index in [1.54, 1.807) is 29.3 Å². The Morgan fingerprint density at radius 3 is 3.16 bits per heavy atom. The maximum absolute atomic E-state index is 11.5. The van der Waals surface area contributed by atoms with E-state index in [2.05, 4.69) is 20.4 Å². The minimum atomic E-state index is -0.0942. The number of H-pyrrole nitrogens is 1. The molecule has 2 aromatic rings. The number of amides is 1. The van der Waals surface area contributed by atoms with Crippen molar-refractivity contribution in [1.29, 1.82) is 0 Å². The molecule has 19 heavy (non-hydrogen) atoms. The van der Waals surface area contributed by atoms with Crippen molar-refractivity contribution >= 4 is 12.0 Å². The van der Waals surface area contributed by atoms with Gasteiger partial charge in [0.1, 0.15) is 5.82 Å². The highest BCUT2D eigenvalue weighted by Crippen LogP contribution is 1.98. The summed E-state index contributed by atoms with van der Waals surface area (Å²) < 4.78 is 1.70. The number of aryl methyl sites for hydroxylation is 2. The predicted molar refractivity (Wildman–Crippen MR) is 72.2 cm³/mol. The Kier molecular flexibility index (Phi) is 4.49. The fraction of sp³-hybridized carbons (Fsp3) is 0.308. The molecule has 0 saturated carbocycles. The van der Waals surface area contributed by atoms with Crippen molar-refractivity contribution < 1.29 is 4.79 Å². The first-order chi connectivity index (χ1) is 9.24. The van der Waals surface area contributed by atoms with Gasteiger partial charge in [-0.25, -0.2) is 4.98 Å². The molecule has 0 atom stereocenters. The molecule has 0 fully saturated rings. The molecule has 0 aliphatic carbocycles. The zero-order valence-corrected chi connectivity index (χ0v) is 10.8. The average Bonchev–Trinajstić information content (AvgIpc) is 3.03. The number of hydrogen-bond donors (Lipinski definition) is 2. The molecule has 0 aromatic carbocycles. The lowest BCUT2D eigenvalue weighted by molar-refractivity contribution is -0.116. The molecule has 0 spiro atoms. The second kappa shape index (κ2) is 6.53. The van der Waals surface area contributed by atoms with Crippen LogP contribution in [0.1, 0.15) is 17.8 Å². The minimum absolute atomic E-state index is 0.0942. The number of carbonyl (C=O) groups excluding carboxylic acids is 1. The molecule has 2 rings (SSSR count). The van der Waals surface area contributed by atoms with Crippen LogP contribution in [0.3, 0.4) is 0 Å².